The number of hydrogen-bond acceptors (Lipinski definition) is 6. The van der Waals surface area contributed by atoms with Gasteiger partial charge in [-0.05, 0) is 82.5 Å². The van der Waals surface area contributed by atoms with Gasteiger partial charge in [0.15, 0.2) is 5.84 Å². The van der Waals surface area contributed by atoms with Crippen molar-refractivity contribution >= 4 is 35.9 Å². The lowest BCUT2D eigenvalue weighted by atomic mass is 9.63. The van der Waals surface area contributed by atoms with E-state index in [1.807, 2.05) is 30.3 Å². The standard InChI is InChI=1S/C32H41ClN5O2S/c1-6-8-24(13-16-35-23(2)36-38(5,39)41)20-40-28-11-9-26(10-12-28)31(3,4)27-17-25(19-34)30(29(33)18-27)37-21-32(22-37)14-7-15-32/h8-13,16-18,39,41H,6-7,14-15,20-22H2,1-5H3,(H,35,36)/q+1/b16-13-,24-8-. The van der Waals surface area contributed by atoms with Gasteiger partial charge in [-0.2, -0.15) is 10.5 Å². The Morgan fingerprint density at radius 1 is 1.27 bits per heavy atom. The fraction of sp³-hybridized carbons (Fsp3) is 0.438. The van der Waals surface area contributed by atoms with Crippen LogP contribution in [-0.2, 0) is 5.41 Å². The summed E-state index contributed by atoms with van der Waals surface area (Å²) < 4.78 is 5.28. The SMILES string of the molecule is CC/C=C(/C=C\N/C(C)=N\[N+](C)(O)S)COc1ccc(C(C)(C)c2cc(Cl)c(N3CC4(CCC4)C3)c(C#N)c2)cc1. The highest BCUT2D eigenvalue weighted by atomic mass is 35.5. The second-order valence-electron chi connectivity index (χ2n) is 11.8. The van der Waals surface area contributed by atoms with Crippen molar-refractivity contribution in [3.63, 3.8) is 0 Å². The maximum Gasteiger partial charge on any atom is 0.164 e. The van der Waals surface area contributed by atoms with Crippen LogP contribution in [-0.4, -0.2) is 41.9 Å². The van der Waals surface area contributed by atoms with E-state index in [1.165, 1.54) is 26.3 Å². The lowest BCUT2D eigenvalue weighted by Gasteiger charge is -2.57. The largest absolute Gasteiger partial charge is 0.489 e. The van der Waals surface area contributed by atoms with Crippen molar-refractivity contribution < 1.29 is 14.1 Å². The zero-order valence-electron chi connectivity index (χ0n) is 24.6. The van der Waals surface area contributed by atoms with E-state index in [0.717, 1.165) is 47.6 Å². The number of halogens is 1. The number of allylic oxidation sites excluding steroid dienone is 1. The van der Waals surface area contributed by atoms with Gasteiger partial charge in [-0.1, -0.05) is 57.0 Å². The average Bonchev–Trinajstić information content (AvgIpc) is 2.85. The number of hydrogen-bond donors (Lipinski definition) is 3. The minimum absolute atomic E-state index is 0.353. The minimum Gasteiger partial charge on any atom is -0.489 e. The number of quaternary nitrogens is 1. The normalized spacial score (nSPS) is 18.5. The van der Waals surface area contributed by atoms with Crippen molar-refractivity contribution in [2.24, 2.45) is 10.5 Å². The van der Waals surface area contributed by atoms with E-state index in [-0.39, 0.29) is 5.41 Å². The molecule has 1 aliphatic carbocycles. The molecule has 2 aromatic rings. The van der Waals surface area contributed by atoms with E-state index < -0.39 is 4.16 Å². The van der Waals surface area contributed by atoms with Crippen LogP contribution in [0.1, 0.15) is 70.1 Å². The monoisotopic (exact) mass is 594 g/mol. The Bertz CT molecular complexity index is 1370. The van der Waals surface area contributed by atoms with Gasteiger partial charge in [0.05, 0.1) is 16.3 Å². The summed E-state index contributed by atoms with van der Waals surface area (Å²) in [5, 5.41) is 27.3. The molecule has 2 aliphatic rings. The highest BCUT2D eigenvalue weighted by molar-refractivity contribution is 7.74. The van der Waals surface area contributed by atoms with Crippen molar-refractivity contribution in [2.45, 2.75) is 58.8 Å². The van der Waals surface area contributed by atoms with Gasteiger partial charge in [-0.3, -0.25) is 0 Å². The summed E-state index contributed by atoms with van der Waals surface area (Å²) in [6.45, 7) is 10.5. The Kier molecular flexibility index (Phi) is 9.45. The number of hydroxylamine groups is 1. The number of ether oxygens (including phenoxy) is 1. The summed E-state index contributed by atoms with van der Waals surface area (Å²) in [5.41, 5.74) is 4.76. The van der Waals surface area contributed by atoms with E-state index in [2.05, 4.69) is 73.2 Å². The number of anilines is 1. The quantitative estimate of drug-likeness (QED) is 0.0668. The van der Waals surface area contributed by atoms with Crippen LogP contribution >= 0.6 is 24.4 Å². The molecule has 4 rings (SSSR count). The molecular weight excluding hydrogens is 554 g/mol. The van der Waals surface area contributed by atoms with Gasteiger partial charge < -0.3 is 15.0 Å². The first-order chi connectivity index (χ1) is 19.4. The van der Waals surface area contributed by atoms with Crippen LogP contribution in [0.2, 0.25) is 5.02 Å². The molecule has 9 heteroatoms. The van der Waals surface area contributed by atoms with Crippen LogP contribution in [0.4, 0.5) is 5.69 Å². The number of amidine groups is 1. The van der Waals surface area contributed by atoms with E-state index in [1.54, 1.807) is 13.1 Å². The van der Waals surface area contributed by atoms with Crippen molar-refractivity contribution in [3.8, 4) is 11.8 Å². The molecule has 1 spiro atoms. The molecule has 1 aliphatic heterocycles. The molecule has 1 saturated heterocycles. The molecule has 2 N–H and O–H groups in total. The summed E-state index contributed by atoms with van der Waals surface area (Å²) >= 11 is 10.8. The molecule has 41 heavy (non-hydrogen) atoms. The summed E-state index contributed by atoms with van der Waals surface area (Å²) in [4.78, 5) is 2.27. The lowest BCUT2D eigenvalue weighted by molar-refractivity contribution is -0.979. The molecule has 1 atom stereocenters. The van der Waals surface area contributed by atoms with Crippen LogP contribution < -0.4 is 15.0 Å². The lowest BCUT2D eigenvalue weighted by Crippen LogP contribution is -2.60. The van der Waals surface area contributed by atoms with Gasteiger partial charge >= 0.3 is 0 Å². The molecule has 0 amide bonds. The predicted octanol–water partition coefficient (Wildman–Crippen LogP) is 7.36. The molecule has 0 aromatic heterocycles. The fourth-order valence-electron chi connectivity index (χ4n) is 5.60. The Hall–Kier alpha value is -2.96. The summed E-state index contributed by atoms with van der Waals surface area (Å²) in [5.74, 6) is 1.29. The Balaban J connectivity index is 1.42. The third kappa shape index (κ3) is 7.47. The maximum atomic E-state index is 9.99. The number of rotatable bonds is 10. The number of nitriles is 1. The first-order valence-corrected chi connectivity index (χ1v) is 14.9. The van der Waals surface area contributed by atoms with Crippen LogP contribution in [0.15, 0.2) is 65.4 Å². The molecule has 1 saturated carbocycles. The first-order valence-electron chi connectivity index (χ1n) is 14.1. The van der Waals surface area contributed by atoms with Crippen LogP contribution in [0.5, 0.6) is 5.75 Å². The zero-order chi connectivity index (χ0) is 29.8. The molecule has 2 fully saturated rings. The highest BCUT2D eigenvalue weighted by Crippen LogP contribution is 2.51. The second-order valence-corrected chi connectivity index (χ2v) is 13.0. The summed E-state index contributed by atoms with van der Waals surface area (Å²) in [6.07, 6.45) is 10.5. The Labute approximate surface area is 254 Å². The number of nitrogens with one attached hydrogen (secondary N) is 1. The van der Waals surface area contributed by atoms with E-state index in [9.17, 15) is 10.5 Å². The van der Waals surface area contributed by atoms with Crippen LogP contribution in [0.25, 0.3) is 0 Å². The maximum absolute atomic E-state index is 9.99. The summed E-state index contributed by atoms with van der Waals surface area (Å²) in [7, 11) is 1.44. The molecular formula is C32H41ClN5O2S+. The van der Waals surface area contributed by atoms with Crippen molar-refractivity contribution in [1.29, 1.82) is 5.26 Å². The van der Waals surface area contributed by atoms with E-state index in [0.29, 0.717) is 28.4 Å². The zero-order valence-corrected chi connectivity index (χ0v) is 26.3. The predicted molar refractivity (Wildman–Crippen MR) is 169 cm³/mol. The van der Waals surface area contributed by atoms with Gasteiger partial charge in [0.25, 0.3) is 0 Å². The molecule has 0 bridgehead atoms. The second kappa shape index (κ2) is 12.5. The van der Waals surface area contributed by atoms with Crippen molar-refractivity contribution in [3.05, 3.63) is 82.0 Å². The van der Waals surface area contributed by atoms with E-state index >= 15 is 0 Å². The molecule has 0 radical (unpaired) electrons. The van der Waals surface area contributed by atoms with Crippen molar-refractivity contribution in [1.82, 2.24) is 5.32 Å². The molecule has 1 heterocycles. The molecule has 218 valence electrons. The average molecular weight is 595 g/mol. The fourth-order valence-corrected chi connectivity index (χ4v) is 6.07. The van der Waals surface area contributed by atoms with Gasteiger partial charge in [-0.25, -0.2) is 0 Å². The van der Waals surface area contributed by atoms with Crippen LogP contribution in [0, 0.1) is 16.7 Å². The molecule has 1 unspecified atom stereocenters. The van der Waals surface area contributed by atoms with Gasteiger partial charge in [0.2, 0.25) is 0 Å². The number of thiol groups is 1. The van der Waals surface area contributed by atoms with Gasteiger partial charge in [0.1, 0.15) is 38.3 Å². The van der Waals surface area contributed by atoms with Gasteiger partial charge in [0, 0.05) is 30.1 Å². The van der Waals surface area contributed by atoms with Crippen LogP contribution in [0.3, 0.4) is 0 Å². The Morgan fingerprint density at radius 3 is 2.51 bits per heavy atom. The van der Waals surface area contributed by atoms with E-state index in [4.69, 9.17) is 16.3 Å². The molecule has 7 nitrogen and oxygen atoms in total. The third-order valence-electron chi connectivity index (χ3n) is 8.07. The smallest absolute Gasteiger partial charge is 0.164 e. The Morgan fingerprint density at radius 2 is 1.95 bits per heavy atom. The first kappa shape index (κ1) is 31.0. The number of benzene rings is 2. The number of nitrogens with zero attached hydrogens (tertiary/aromatic N) is 4. The third-order valence-corrected chi connectivity index (χ3v) is 8.44. The highest BCUT2D eigenvalue weighted by Gasteiger charge is 2.48. The summed E-state index contributed by atoms with van der Waals surface area (Å²) in [6, 6.07) is 14.5. The minimum atomic E-state index is -0.794. The van der Waals surface area contributed by atoms with Crippen molar-refractivity contribution in [2.75, 3.05) is 31.6 Å². The van der Waals surface area contributed by atoms with Gasteiger partial charge in [-0.15, -0.1) is 0 Å². The molecule has 2 aromatic carbocycles. The topological polar surface area (TPSA) is 80.9 Å².